The Hall–Kier alpha value is -1.91. The highest BCUT2D eigenvalue weighted by molar-refractivity contribution is 5.79. The Morgan fingerprint density at radius 3 is 2.27 bits per heavy atom. The number of benzene rings is 1. The number of rotatable bonds is 4. The molecule has 1 heterocycles. The zero-order valence-corrected chi connectivity index (χ0v) is 13.2. The Bertz CT molecular complexity index is 537. The summed E-state index contributed by atoms with van der Waals surface area (Å²) in [5, 5.41) is 0. The summed E-state index contributed by atoms with van der Waals surface area (Å²) in [6.45, 7) is 6.07. The second-order valence-corrected chi connectivity index (χ2v) is 5.95. The molecule has 120 valence electrons. The molecule has 1 aliphatic heterocycles. The molecule has 0 bridgehead atoms. The molecule has 0 unspecified atom stereocenters. The molecule has 1 aromatic carbocycles. The van der Waals surface area contributed by atoms with E-state index in [1.807, 2.05) is 18.7 Å². The van der Waals surface area contributed by atoms with Gasteiger partial charge in [-0.15, -0.1) is 0 Å². The first-order valence-electron chi connectivity index (χ1n) is 7.79. The van der Waals surface area contributed by atoms with Crippen LogP contribution >= 0.6 is 0 Å². The van der Waals surface area contributed by atoms with Crippen LogP contribution in [0.2, 0.25) is 0 Å². The monoisotopic (exact) mass is 306 g/mol. The van der Waals surface area contributed by atoms with Gasteiger partial charge in [0.05, 0.1) is 0 Å². The quantitative estimate of drug-likeness (QED) is 0.854. The number of nitrogens with zero attached hydrogens (tertiary/aromatic N) is 2. The van der Waals surface area contributed by atoms with Crippen LogP contribution in [0.15, 0.2) is 24.3 Å². The van der Waals surface area contributed by atoms with Crippen molar-refractivity contribution in [3.8, 4) is 0 Å². The van der Waals surface area contributed by atoms with E-state index >= 15 is 0 Å². The Balaban J connectivity index is 1.80. The van der Waals surface area contributed by atoms with Gasteiger partial charge in [0.15, 0.2) is 0 Å². The van der Waals surface area contributed by atoms with E-state index in [1.165, 1.54) is 6.07 Å². The van der Waals surface area contributed by atoms with Crippen LogP contribution in [0.5, 0.6) is 0 Å². The Labute approximate surface area is 130 Å². The molecule has 0 N–H and O–H groups in total. The first kappa shape index (κ1) is 16.5. The molecule has 5 heteroatoms. The molecular formula is C17H23FN2O2. The number of carbonyl (C=O) groups excluding carboxylic acids is 2. The lowest BCUT2D eigenvalue weighted by atomic mass is 10.1. The van der Waals surface area contributed by atoms with Crippen LogP contribution in [-0.2, 0) is 16.0 Å². The summed E-state index contributed by atoms with van der Waals surface area (Å²) >= 11 is 0. The maximum atomic E-state index is 13.5. The predicted octanol–water partition coefficient (Wildman–Crippen LogP) is 2.09. The second-order valence-electron chi connectivity index (χ2n) is 5.95. The van der Waals surface area contributed by atoms with E-state index in [0.29, 0.717) is 44.6 Å². The lowest BCUT2D eigenvalue weighted by Crippen LogP contribution is -2.51. The highest BCUT2D eigenvalue weighted by atomic mass is 19.1. The van der Waals surface area contributed by atoms with Crippen molar-refractivity contribution in [3.63, 3.8) is 0 Å². The maximum absolute atomic E-state index is 13.5. The lowest BCUT2D eigenvalue weighted by Gasteiger charge is -2.35. The van der Waals surface area contributed by atoms with E-state index in [4.69, 9.17) is 0 Å². The number of piperazine rings is 1. The topological polar surface area (TPSA) is 40.6 Å². The Kier molecular flexibility index (Phi) is 5.52. The number of aryl methyl sites for hydroxylation is 1. The summed E-state index contributed by atoms with van der Waals surface area (Å²) in [4.78, 5) is 27.7. The second kappa shape index (κ2) is 7.38. The molecule has 0 aromatic heterocycles. The number of carbonyl (C=O) groups is 2. The van der Waals surface area contributed by atoms with Gasteiger partial charge in [0, 0.05) is 38.5 Å². The summed E-state index contributed by atoms with van der Waals surface area (Å²) < 4.78 is 13.5. The summed E-state index contributed by atoms with van der Waals surface area (Å²) in [5.41, 5.74) is 0.574. The number of hydrogen-bond donors (Lipinski definition) is 0. The molecule has 1 aromatic rings. The normalized spacial score (nSPS) is 15.3. The molecule has 4 nitrogen and oxygen atoms in total. The molecule has 0 atom stereocenters. The fraction of sp³-hybridized carbons (Fsp3) is 0.529. The zero-order chi connectivity index (χ0) is 16.1. The van der Waals surface area contributed by atoms with Crippen LogP contribution in [0.25, 0.3) is 0 Å². The molecule has 0 aliphatic carbocycles. The molecule has 2 rings (SSSR count). The van der Waals surface area contributed by atoms with Gasteiger partial charge in [0.2, 0.25) is 11.8 Å². The average Bonchev–Trinajstić information content (AvgIpc) is 2.53. The van der Waals surface area contributed by atoms with Crippen molar-refractivity contribution in [2.75, 3.05) is 26.2 Å². The van der Waals surface area contributed by atoms with Gasteiger partial charge >= 0.3 is 0 Å². The number of hydrogen-bond acceptors (Lipinski definition) is 2. The third-order valence-electron chi connectivity index (χ3n) is 4.00. The maximum Gasteiger partial charge on any atom is 0.225 e. The van der Waals surface area contributed by atoms with Gasteiger partial charge < -0.3 is 9.80 Å². The molecule has 2 amide bonds. The van der Waals surface area contributed by atoms with Crippen molar-refractivity contribution in [3.05, 3.63) is 35.6 Å². The smallest absolute Gasteiger partial charge is 0.225 e. The van der Waals surface area contributed by atoms with Crippen molar-refractivity contribution in [1.29, 1.82) is 0 Å². The van der Waals surface area contributed by atoms with Crippen molar-refractivity contribution in [2.45, 2.75) is 26.7 Å². The third-order valence-corrected chi connectivity index (χ3v) is 4.00. The van der Waals surface area contributed by atoms with Crippen molar-refractivity contribution < 1.29 is 14.0 Å². The number of halogens is 1. The van der Waals surface area contributed by atoms with Gasteiger partial charge in [-0.05, 0) is 18.1 Å². The van der Waals surface area contributed by atoms with E-state index in [-0.39, 0.29) is 23.5 Å². The minimum atomic E-state index is -0.261. The van der Waals surface area contributed by atoms with Crippen molar-refractivity contribution in [1.82, 2.24) is 9.80 Å². The fourth-order valence-corrected chi connectivity index (χ4v) is 2.64. The minimum absolute atomic E-state index is 0.0108. The lowest BCUT2D eigenvalue weighted by molar-refractivity contribution is -0.141. The fourth-order valence-electron chi connectivity index (χ4n) is 2.64. The summed E-state index contributed by atoms with van der Waals surface area (Å²) in [7, 11) is 0. The molecule has 0 spiro atoms. The van der Waals surface area contributed by atoms with Gasteiger partial charge in [-0.1, -0.05) is 32.0 Å². The van der Waals surface area contributed by atoms with Crippen LogP contribution in [0.1, 0.15) is 25.8 Å². The first-order valence-corrected chi connectivity index (χ1v) is 7.79. The van der Waals surface area contributed by atoms with Crippen LogP contribution in [0.3, 0.4) is 0 Å². The first-order chi connectivity index (χ1) is 10.5. The van der Waals surface area contributed by atoms with Gasteiger partial charge in [0.1, 0.15) is 5.82 Å². The largest absolute Gasteiger partial charge is 0.339 e. The molecule has 1 aliphatic rings. The molecule has 0 saturated carbocycles. The summed E-state index contributed by atoms with van der Waals surface area (Å²) in [6, 6.07) is 6.54. The highest BCUT2D eigenvalue weighted by Gasteiger charge is 2.25. The summed E-state index contributed by atoms with van der Waals surface area (Å²) in [5.74, 6) is -0.107. The summed E-state index contributed by atoms with van der Waals surface area (Å²) in [6.07, 6.45) is 0.718. The average molecular weight is 306 g/mol. The molecule has 1 fully saturated rings. The zero-order valence-electron chi connectivity index (χ0n) is 13.2. The molecule has 22 heavy (non-hydrogen) atoms. The Morgan fingerprint density at radius 2 is 1.68 bits per heavy atom. The van der Waals surface area contributed by atoms with Crippen molar-refractivity contribution in [2.24, 2.45) is 5.92 Å². The van der Waals surface area contributed by atoms with Gasteiger partial charge in [-0.2, -0.15) is 0 Å². The molecular weight excluding hydrogens is 283 g/mol. The Morgan fingerprint density at radius 1 is 1.09 bits per heavy atom. The van der Waals surface area contributed by atoms with Gasteiger partial charge in [-0.3, -0.25) is 9.59 Å². The highest BCUT2D eigenvalue weighted by Crippen LogP contribution is 2.12. The van der Waals surface area contributed by atoms with E-state index < -0.39 is 0 Å². The third kappa shape index (κ3) is 4.06. The van der Waals surface area contributed by atoms with Gasteiger partial charge in [-0.25, -0.2) is 4.39 Å². The van der Waals surface area contributed by atoms with E-state index in [2.05, 4.69) is 0 Å². The molecule has 1 saturated heterocycles. The van der Waals surface area contributed by atoms with E-state index in [9.17, 15) is 14.0 Å². The van der Waals surface area contributed by atoms with E-state index in [1.54, 1.807) is 23.1 Å². The van der Waals surface area contributed by atoms with E-state index in [0.717, 1.165) is 0 Å². The standard InChI is InChI=1S/C17H23FN2O2/c1-13(2)17(22)20-11-9-19(10-12-20)16(21)8-7-14-5-3-4-6-15(14)18/h3-6,13H,7-12H2,1-2H3. The number of amides is 2. The van der Waals surface area contributed by atoms with Crippen LogP contribution in [0.4, 0.5) is 4.39 Å². The minimum Gasteiger partial charge on any atom is -0.339 e. The SMILES string of the molecule is CC(C)C(=O)N1CCN(C(=O)CCc2ccccc2F)CC1. The van der Waals surface area contributed by atoms with Crippen LogP contribution in [0, 0.1) is 11.7 Å². The predicted molar refractivity (Wildman–Crippen MR) is 82.7 cm³/mol. The van der Waals surface area contributed by atoms with Crippen molar-refractivity contribution >= 4 is 11.8 Å². The van der Waals surface area contributed by atoms with Crippen LogP contribution in [-0.4, -0.2) is 47.8 Å². The molecule has 0 radical (unpaired) electrons. The van der Waals surface area contributed by atoms with Gasteiger partial charge in [0.25, 0.3) is 0 Å². The van der Waals surface area contributed by atoms with Crippen LogP contribution < -0.4 is 0 Å².